The Hall–Kier alpha value is -5.93. The van der Waals surface area contributed by atoms with Gasteiger partial charge in [-0.2, -0.15) is 0 Å². The number of rotatable bonds is 2. The zero-order valence-electron chi connectivity index (χ0n) is 24.3. The van der Waals surface area contributed by atoms with Crippen LogP contribution in [0.5, 0.6) is 0 Å². The second kappa shape index (κ2) is 8.37. The first-order chi connectivity index (χ1) is 22.3. The lowest BCUT2D eigenvalue weighted by Crippen LogP contribution is -2.00. The van der Waals surface area contributed by atoms with Crippen molar-refractivity contribution in [2.24, 2.45) is 0 Å². The molecular weight excluding hydrogens is 546 g/mol. The first-order valence-electron chi connectivity index (χ1n) is 15.6. The first kappa shape index (κ1) is 23.5. The van der Waals surface area contributed by atoms with Crippen molar-refractivity contribution in [3.05, 3.63) is 151 Å². The summed E-state index contributed by atoms with van der Waals surface area (Å²) in [6, 6.07) is 49.1. The summed E-state index contributed by atoms with van der Waals surface area (Å²) in [5.41, 5.74) is 15.1. The lowest BCUT2D eigenvalue weighted by atomic mass is 10.0. The maximum atomic E-state index is 4.95. The molecule has 3 heteroatoms. The van der Waals surface area contributed by atoms with E-state index < -0.39 is 0 Å². The maximum absolute atomic E-state index is 4.95. The number of para-hydroxylation sites is 2. The lowest BCUT2D eigenvalue weighted by molar-refractivity contribution is 1.09. The Kier molecular flexibility index (Phi) is 4.37. The van der Waals surface area contributed by atoms with Gasteiger partial charge in [0.15, 0.2) is 0 Å². The molecule has 45 heavy (non-hydrogen) atoms. The molecular formula is C42H25N3. The summed E-state index contributed by atoms with van der Waals surface area (Å²) >= 11 is 0. The molecule has 208 valence electrons. The molecule has 11 rings (SSSR count). The molecule has 0 saturated heterocycles. The van der Waals surface area contributed by atoms with Crippen molar-refractivity contribution in [1.29, 1.82) is 0 Å². The van der Waals surface area contributed by atoms with Gasteiger partial charge >= 0.3 is 0 Å². The number of benzene rings is 6. The summed E-state index contributed by atoms with van der Waals surface area (Å²) in [7, 11) is 0. The Balaban J connectivity index is 1.15. The summed E-state index contributed by atoms with van der Waals surface area (Å²) in [4.78, 5) is 4.95. The van der Waals surface area contributed by atoms with E-state index in [2.05, 4.69) is 142 Å². The highest BCUT2D eigenvalue weighted by atomic mass is 15.0. The minimum absolute atomic E-state index is 0.937. The minimum atomic E-state index is 0.937. The molecule has 10 aromatic rings. The van der Waals surface area contributed by atoms with Crippen LogP contribution in [-0.2, 0) is 6.42 Å². The molecule has 0 bridgehead atoms. The molecule has 6 aromatic carbocycles. The average Bonchev–Trinajstić information content (AvgIpc) is 3.83. The Morgan fingerprint density at radius 1 is 0.489 bits per heavy atom. The van der Waals surface area contributed by atoms with Gasteiger partial charge in [-0.3, -0.25) is 4.57 Å². The molecule has 0 aliphatic heterocycles. The molecule has 0 radical (unpaired) electrons. The fourth-order valence-corrected chi connectivity index (χ4v) is 8.23. The van der Waals surface area contributed by atoms with Gasteiger partial charge in [0.1, 0.15) is 5.65 Å². The smallest absolute Gasteiger partial charge is 0.145 e. The second-order valence-corrected chi connectivity index (χ2v) is 12.4. The van der Waals surface area contributed by atoms with Gasteiger partial charge in [0.05, 0.1) is 27.8 Å². The standard InChI is InChI=1S/C42H25N3/c1-2-9-28-27(8-1)23-35-29(28)11-6-16-38(35)45-39-20-18-25(22-36(39)34-14-7-21-43-42(34)45)26-17-19-31-33-13-5-12-32-30-10-3-4-15-37(30)44(41(32)33)40(31)24-26/h1-22,24H,23H2. The van der Waals surface area contributed by atoms with Gasteiger partial charge in [-0.25, -0.2) is 4.98 Å². The molecule has 0 amide bonds. The van der Waals surface area contributed by atoms with Crippen molar-refractivity contribution in [3.8, 4) is 27.9 Å². The van der Waals surface area contributed by atoms with Crippen LogP contribution in [0.3, 0.4) is 0 Å². The van der Waals surface area contributed by atoms with E-state index in [9.17, 15) is 0 Å². The summed E-state index contributed by atoms with van der Waals surface area (Å²) in [6.45, 7) is 0. The molecule has 0 N–H and O–H groups in total. The number of nitrogens with zero attached hydrogens (tertiary/aromatic N) is 3. The number of hydrogen-bond acceptors (Lipinski definition) is 1. The SMILES string of the molecule is c1ccc2c(c1)Cc1c-2cccc1-n1c2ccc(-c3ccc4c5cccc6c7ccccc7n(c4c3)c65)cc2c2cccnc21. The fourth-order valence-electron chi connectivity index (χ4n) is 8.23. The van der Waals surface area contributed by atoms with Crippen LogP contribution in [-0.4, -0.2) is 14.0 Å². The van der Waals surface area contributed by atoms with Gasteiger partial charge in [-0.15, -0.1) is 0 Å². The van der Waals surface area contributed by atoms with Crippen molar-refractivity contribution < 1.29 is 0 Å². The molecule has 0 fully saturated rings. The Morgan fingerprint density at radius 2 is 1.22 bits per heavy atom. The lowest BCUT2D eigenvalue weighted by Gasteiger charge is -2.13. The molecule has 1 aliphatic rings. The number of pyridine rings is 1. The number of aromatic nitrogens is 3. The molecule has 0 atom stereocenters. The predicted octanol–water partition coefficient (Wildman–Crippen LogP) is 10.6. The van der Waals surface area contributed by atoms with Crippen LogP contribution in [0, 0.1) is 0 Å². The van der Waals surface area contributed by atoms with Crippen molar-refractivity contribution >= 4 is 60.0 Å². The van der Waals surface area contributed by atoms with Crippen molar-refractivity contribution in [2.75, 3.05) is 0 Å². The van der Waals surface area contributed by atoms with Gasteiger partial charge in [0, 0.05) is 44.9 Å². The highest BCUT2D eigenvalue weighted by Gasteiger charge is 2.24. The topological polar surface area (TPSA) is 22.2 Å². The normalized spacial score (nSPS) is 12.8. The summed E-state index contributed by atoms with van der Waals surface area (Å²) in [5.74, 6) is 0. The molecule has 0 unspecified atom stereocenters. The number of hydrogen-bond donors (Lipinski definition) is 0. The van der Waals surface area contributed by atoms with Crippen LogP contribution in [0.25, 0.3) is 88.0 Å². The van der Waals surface area contributed by atoms with Gasteiger partial charge in [-0.05, 0) is 75.8 Å². The predicted molar refractivity (Wildman–Crippen MR) is 187 cm³/mol. The zero-order valence-corrected chi connectivity index (χ0v) is 24.3. The van der Waals surface area contributed by atoms with Crippen molar-refractivity contribution in [2.45, 2.75) is 6.42 Å². The van der Waals surface area contributed by atoms with Crippen molar-refractivity contribution in [1.82, 2.24) is 14.0 Å². The highest BCUT2D eigenvalue weighted by molar-refractivity contribution is 6.23. The van der Waals surface area contributed by atoms with Crippen LogP contribution < -0.4 is 0 Å². The molecule has 0 saturated carbocycles. The van der Waals surface area contributed by atoms with E-state index >= 15 is 0 Å². The summed E-state index contributed by atoms with van der Waals surface area (Å²) in [6.07, 6.45) is 2.85. The van der Waals surface area contributed by atoms with E-state index in [0.29, 0.717) is 0 Å². The van der Waals surface area contributed by atoms with E-state index in [4.69, 9.17) is 4.98 Å². The van der Waals surface area contributed by atoms with Crippen LogP contribution in [0.1, 0.15) is 11.1 Å². The van der Waals surface area contributed by atoms with E-state index in [-0.39, 0.29) is 0 Å². The Morgan fingerprint density at radius 3 is 2.18 bits per heavy atom. The van der Waals surface area contributed by atoms with Gasteiger partial charge in [0.2, 0.25) is 0 Å². The van der Waals surface area contributed by atoms with Crippen LogP contribution in [0.4, 0.5) is 0 Å². The second-order valence-electron chi connectivity index (χ2n) is 12.4. The van der Waals surface area contributed by atoms with E-state index in [1.807, 2.05) is 6.20 Å². The third kappa shape index (κ3) is 2.97. The molecule has 4 aromatic heterocycles. The Labute approximate surface area is 258 Å². The van der Waals surface area contributed by atoms with E-state index in [0.717, 1.165) is 12.1 Å². The zero-order chi connectivity index (χ0) is 29.2. The van der Waals surface area contributed by atoms with E-state index in [1.165, 1.54) is 93.5 Å². The maximum Gasteiger partial charge on any atom is 0.145 e. The van der Waals surface area contributed by atoms with Crippen LogP contribution in [0.15, 0.2) is 140 Å². The van der Waals surface area contributed by atoms with Crippen molar-refractivity contribution in [3.63, 3.8) is 0 Å². The van der Waals surface area contributed by atoms with Crippen LogP contribution >= 0.6 is 0 Å². The highest BCUT2D eigenvalue weighted by Crippen LogP contribution is 2.43. The van der Waals surface area contributed by atoms with Gasteiger partial charge < -0.3 is 4.40 Å². The molecule has 4 heterocycles. The average molecular weight is 572 g/mol. The molecule has 0 spiro atoms. The third-order valence-electron chi connectivity index (χ3n) is 10.1. The van der Waals surface area contributed by atoms with Crippen LogP contribution in [0.2, 0.25) is 0 Å². The summed E-state index contributed by atoms with van der Waals surface area (Å²) in [5, 5.41) is 7.63. The Bertz CT molecular complexity index is 2850. The minimum Gasteiger partial charge on any atom is -0.308 e. The molecule has 3 nitrogen and oxygen atoms in total. The quantitative estimate of drug-likeness (QED) is 0.202. The van der Waals surface area contributed by atoms with E-state index in [1.54, 1.807) is 0 Å². The largest absolute Gasteiger partial charge is 0.308 e. The first-order valence-corrected chi connectivity index (χ1v) is 15.6. The third-order valence-corrected chi connectivity index (χ3v) is 10.1. The molecule has 1 aliphatic carbocycles. The van der Waals surface area contributed by atoms with Gasteiger partial charge in [0.25, 0.3) is 0 Å². The number of fused-ring (bicyclic) bond motifs is 12. The summed E-state index contributed by atoms with van der Waals surface area (Å²) < 4.78 is 4.84. The van der Waals surface area contributed by atoms with Gasteiger partial charge in [-0.1, -0.05) is 91.0 Å². The monoisotopic (exact) mass is 571 g/mol. The fraction of sp³-hybridized carbons (Fsp3) is 0.0238.